The first-order chi connectivity index (χ1) is 11.2. The monoisotopic (exact) mass is 319 g/mol. The third-order valence-corrected chi connectivity index (χ3v) is 2.85. The van der Waals surface area contributed by atoms with E-state index in [2.05, 4.69) is 21.8 Å². The van der Waals surface area contributed by atoms with Crippen molar-refractivity contribution >= 4 is 11.5 Å². The predicted molar refractivity (Wildman–Crippen MR) is 81.4 cm³/mol. The molecule has 2 rings (SSSR count). The normalized spacial score (nSPS) is 9.91. The summed E-state index contributed by atoms with van der Waals surface area (Å²) in [4.78, 5) is 9.39. The molecule has 0 radical (unpaired) electrons. The summed E-state index contributed by atoms with van der Waals surface area (Å²) in [5.74, 6) is 4.08. The van der Waals surface area contributed by atoms with Gasteiger partial charge in [0.1, 0.15) is 18.9 Å². The Labute approximate surface area is 132 Å². The molecule has 0 saturated carbocycles. The molecule has 7 heteroatoms. The summed E-state index contributed by atoms with van der Waals surface area (Å²) < 4.78 is 37.9. The van der Waals surface area contributed by atoms with E-state index in [1.54, 1.807) is 6.92 Å². The van der Waals surface area contributed by atoms with Gasteiger partial charge < -0.3 is 9.47 Å². The lowest BCUT2D eigenvalue weighted by atomic mass is 10.2. The highest BCUT2D eigenvalue weighted by Gasteiger charge is 2.18. The second-order valence-corrected chi connectivity index (χ2v) is 4.35. The van der Waals surface area contributed by atoms with Gasteiger partial charge in [-0.3, -0.25) is 4.90 Å². The van der Waals surface area contributed by atoms with Crippen molar-refractivity contribution in [3.05, 3.63) is 42.2 Å². The van der Waals surface area contributed by atoms with E-state index in [9.17, 15) is 8.78 Å². The third kappa shape index (κ3) is 4.14. The van der Waals surface area contributed by atoms with Crippen LogP contribution in [0.1, 0.15) is 6.92 Å². The van der Waals surface area contributed by atoms with Gasteiger partial charge in [0.2, 0.25) is 5.88 Å². The van der Waals surface area contributed by atoms with Crippen molar-refractivity contribution in [3.63, 3.8) is 0 Å². The molecule has 0 aliphatic carbocycles. The van der Waals surface area contributed by atoms with Gasteiger partial charge in [-0.25, -0.2) is 18.7 Å². The summed E-state index contributed by atoms with van der Waals surface area (Å²) >= 11 is 0. The maximum atomic E-state index is 14.0. The Bertz CT molecular complexity index is 729. The number of hydrogen-bond donors (Lipinski definition) is 0. The number of benzene rings is 1. The van der Waals surface area contributed by atoms with E-state index in [1.807, 2.05) is 0 Å². The topological polar surface area (TPSA) is 47.5 Å². The minimum atomic E-state index is -0.984. The second-order valence-electron chi connectivity index (χ2n) is 4.35. The van der Waals surface area contributed by atoms with Gasteiger partial charge in [0, 0.05) is 13.2 Å². The molecule has 0 bridgehead atoms. The molecule has 0 fully saturated rings. The Morgan fingerprint density at radius 2 is 2.09 bits per heavy atom. The molecule has 1 aromatic carbocycles. The van der Waals surface area contributed by atoms with E-state index in [1.165, 1.54) is 36.5 Å². The van der Waals surface area contributed by atoms with Gasteiger partial charge >= 0.3 is 0 Å². The Hall–Kier alpha value is -2.72. The highest BCUT2D eigenvalue weighted by atomic mass is 19.2. The molecule has 0 aliphatic heterocycles. The number of nitrogens with zero attached hydrogens (tertiary/aromatic N) is 3. The van der Waals surface area contributed by atoms with Crippen LogP contribution in [0.3, 0.4) is 0 Å². The van der Waals surface area contributed by atoms with Crippen LogP contribution in [0.25, 0.3) is 0 Å². The minimum Gasteiger partial charge on any atom is -0.464 e. The Kier molecular flexibility index (Phi) is 5.83. The van der Waals surface area contributed by atoms with Crippen LogP contribution in [-0.4, -0.2) is 30.4 Å². The molecule has 0 aliphatic rings. The zero-order valence-electron chi connectivity index (χ0n) is 12.7. The van der Waals surface area contributed by atoms with Crippen molar-refractivity contribution in [3.8, 4) is 17.7 Å². The summed E-state index contributed by atoms with van der Waals surface area (Å²) in [5, 5.41) is 0. The summed E-state index contributed by atoms with van der Waals surface area (Å²) in [7, 11) is 1.44. The van der Waals surface area contributed by atoms with E-state index in [0.717, 1.165) is 6.07 Å². The van der Waals surface area contributed by atoms with Gasteiger partial charge in [0.15, 0.2) is 18.2 Å². The maximum Gasteiger partial charge on any atom is 0.219 e. The third-order valence-electron chi connectivity index (χ3n) is 2.85. The van der Waals surface area contributed by atoms with Crippen LogP contribution in [0.2, 0.25) is 0 Å². The SMILES string of the molecule is CC#CCOc1cc(N(COC)c2cccc(F)c2F)ncn1. The molecular weight excluding hydrogens is 304 g/mol. The van der Waals surface area contributed by atoms with Gasteiger partial charge in [-0.15, -0.1) is 5.92 Å². The number of ether oxygens (including phenoxy) is 2. The van der Waals surface area contributed by atoms with E-state index in [0.29, 0.717) is 5.82 Å². The summed E-state index contributed by atoms with van der Waals surface area (Å²) in [6.07, 6.45) is 1.27. The molecule has 0 atom stereocenters. The Morgan fingerprint density at radius 3 is 2.83 bits per heavy atom. The maximum absolute atomic E-state index is 14.0. The van der Waals surface area contributed by atoms with E-state index in [-0.39, 0.29) is 24.9 Å². The van der Waals surface area contributed by atoms with Gasteiger partial charge in [0.05, 0.1) is 5.69 Å². The second kappa shape index (κ2) is 8.06. The summed E-state index contributed by atoms with van der Waals surface area (Å²) in [6, 6.07) is 5.39. The lowest BCUT2D eigenvalue weighted by Crippen LogP contribution is -2.22. The molecule has 120 valence electrons. The summed E-state index contributed by atoms with van der Waals surface area (Å²) in [5.41, 5.74) is 0.00449. The molecule has 1 heterocycles. The quantitative estimate of drug-likeness (QED) is 0.605. The van der Waals surface area contributed by atoms with E-state index < -0.39 is 11.6 Å². The number of methoxy groups -OCH3 is 1. The van der Waals surface area contributed by atoms with Crippen LogP contribution in [0.4, 0.5) is 20.3 Å². The zero-order chi connectivity index (χ0) is 16.7. The van der Waals surface area contributed by atoms with E-state index >= 15 is 0 Å². The van der Waals surface area contributed by atoms with Crippen LogP contribution in [0.5, 0.6) is 5.88 Å². The highest BCUT2D eigenvalue weighted by molar-refractivity contribution is 5.60. The van der Waals surface area contributed by atoms with Gasteiger partial charge in [0.25, 0.3) is 0 Å². The highest BCUT2D eigenvalue weighted by Crippen LogP contribution is 2.28. The molecular formula is C16H15F2N3O2. The molecule has 1 aromatic heterocycles. The van der Waals surface area contributed by atoms with Crippen LogP contribution in [-0.2, 0) is 4.74 Å². The lowest BCUT2D eigenvalue weighted by Gasteiger charge is -2.23. The molecule has 0 unspecified atom stereocenters. The van der Waals surface area contributed by atoms with Crippen LogP contribution < -0.4 is 9.64 Å². The minimum absolute atomic E-state index is 0.00449. The average Bonchev–Trinajstić information content (AvgIpc) is 2.56. The largest absolute Gasteiger partial charge is 0.464 e. The predicted octanol–water partition coefficient (Wildman–Crippen LogP) is 2.90. The Balaban J connectivity index is 2.35. The Morgan fingerprint density at radius 1 is 1.26 bits per heavy atom. The standard InChI is InChI=1S/C16H15F2N3O2/c1-3-4-8-23-15-9-14(19-10-20-15)21(11-22-2)13-7-5-6-12(17)16(13)18/h5-7,9-10H,8,11H2,1-2H3. The van der Waals surface area contributed by atoms with Crippen molar-refractivity contribution in [1.82, 2.24) is 9.97 Å². The molecule has 0 saturated heterocycles. The van der Waals surface area contributed by atoms with Crippen LogP contribution >= 0.6 is 0 Å². The number of aromatic nitrogens is 2. The van der Waals surface area contributed by atoms with Crippen molar-refractivity contribution in [2.24, 2.45) is 0 Å². The van der Waals surface area contributed by atoms with Gasteiger partial charge in [-0.05, 0) is 19.1 Å². The first-order valence-electron chi connectivity index (χ1n) is 6.72. The first-order valence-corrected chi connectivity index (χ1v) is 6.72. The molecule has 5 nitrogen and oxygen atoms in total. The number of anilines is 2. The van der Waals surface area contributed by atoms with Crippen LogP contribution in [0, 0.1) is 23.5 Å². The van der Waals surface area contributed by atoms with E-state index in [4.69, 9.17) is 9.47 Å². The fourth-order valence-corrected chi connectivity index (χ4v) is 1.83. The van der Waals surface area contributed by atoms with Gasteiger partial charge in [-0.1, -0.05) is 12.0 Å². The lowest BCUT2D eigenvalue weighted by molar-refractivity contribution is 0.205. The number of halogens is 2. The van der Waals surface area contributed by atoms with Crippen molar-refractivity contribution < 1.29 is 18.3 Å². The fourth-order valence-electron chi connectivity index (χ4n) is 1.83. The van der Waals surface area contributed by atoms with Crippen LogP contribution in [0.15, 0.2) is 30.6 Å². The van der Waals surface area contributed by atoms with Gasteiger partial charge in [-0.2, -0.15) is 0 Å². The molecule has 0 spiro atoms. The first kappa shape index (κ1) is 16.6. The average molecular weight is 319 g/mol. The van der Waals surface area contributed by atoms with Crippen molar-refractivity contribution in [2.45, 2.75) is 6.92 Å². The number of hydrogen-bond acceptors (Lipinski definition) is 5. The van der Waals surface area contributed by atoms with Crippen molar-refractivity contribution in [1.29, 1.82) is 0 Å². The molecule has 0 amide bonds. The zero-order valence-corrected chi connectivity index (χ0v) is 12.7. The molecule has 23 heavy (non-hydrogen) atoms. The smallest absolute Gasteiger partial charge is 0.219 e. The van der Waals surface area contributed by atoms with Crippen molar-refractivity contribution in [2.75, 3.05) is 25.3 Å². The summed E-state index contributed by atoms with van der Waals surface area (Å²) in [6.45, 7) is 1.85. The number of rotatable bonds is 6. The molecule has 2 aromatic rings. The molecule has 0 N–H and O–H groups in total. The fraction of sp³-hybridized carbons (Fsp3) is 0.250.